The zero-order valence-electron chi connectivity index (χ0n) is 13.6. The van der Waals surface area contributed by atoms with E-state index in [9.17, 15) is 0 Å². The molecule has 1 aromatic carbocycles. The summed E-state index contributed by atoms with van der Waals surface area (Å²) in [5.74, 6) is 3.17. The first-order chi connectivity index (χ1) is 10.7. The van der Waals surface area contributed by atoms with E-state index in [0.717, 1.165) is 54.2 Å². The summed E-state index contributed by atoms with van der Waals surface area (Å²) in [6, 6.07) is 4.16. The number of hydrogen-bond donors (Lipinski definition) is 1. The molecule has 3 rings (SSSR count). The summed E-state index contributed by atoms with van der Waals surface area (Å²) in [6.07, 6.45) is 3.11. The molecule has 2 N–H and O–H groups in total. The third-order valence-corrected chi connectivity index (χ3v) is 4.56. The summed E-state index contributed by atoms with van der Waals surface area (Å²) in [6.45, 7) is 7.62. The van der Waals surface area contributed by atoms with Crippen LogP contribution in [-0.2, 0) is 6.54 Å². The Hall–Kier alpha value is -1.75. The van der Waals surface area contributed by atoms with Crippen LogP contribution in [0.3, 0.4) is 0 Å². The number of rotatable bonds is 6. The summed E-state index contributed by atoms with van der Waals surface area (Å²) < 4.78 is 13.3. The van der Waals surface area contributed by atoms with Crippen LogP contribution in [-0.4, -0.2) is 22.4 Å². The molecule has 0 saturated carbocycles. The number of imidazole rings is 1. The summed E-state index contributed by atoms with van der Waals surface area (Å²) in [5, 5.41) is 0. The van der Waals surface area contributed by atoms with Crippen LogP contribution < -0.4 is 15.2 Å². The zero-order chi connectivity index (χ0) is 15.7. The topological polar surface area (TPSA) is 62.3 Å². The second kappa shape index (κ2) is 6.16. The molecule has 1 atom stereocenters. The van der Waals surface area contributed by atoms with Crippen LogP contribution in [0.5, 0.6) is 11.5 Å². The predicted octanol–water partition coefficient (Wildman–Crippen LogP) is 3.41. The molecule has 5 heteroatoms. The van der Waals surface area contributed by atoms with E-state index in [1.165, 1.54) is 0 Å². The fraction of sp³-hybridized carbons (Fsp3) is 0.588. The Bertz CT molecular complexity index is 661. The largest absolute Gasteiger partial charge is 0.454 e. The maximum atomic E-state index is 6.22. The highest BCUT2D eigenvalue weighted by Gasteiger charge is 2.22. The van der Waals surface area contributed by atoms with Crippen molar-refractivity contribution in [3.05, 3.63) is 18.0 Å². The van der Waals surface area contributed by atoms with E-state index in [0.29, 0.717) is 5.92 Å². The maximum absolute atomic E-state index is 6.22. The van der Waals surface area contributed by atoms with Gasteiger partial charge in [0.2, 0.25) is 6.79 Å². The third-order valence-electron chi connectivity index (χ3n) is 4.56. The number of aromatic nitrogens is 2. The normalized spacial score (nSPS) is 15.0. The van der Waals surface area contributed by atoms with E-state index < -0.39 is 0 Å². The molecule has 0 aliphatic carbocycles. The van der Waals surface area contributed by atoms with Crippen molar-refractivity contribution in [1.82, 2.24) is 9.55 Å². The molecule has 1 unspecified atom stereocenters. The van der Waals surface area contributed by atoms with Crippen molar-refractivity contribution < 1.29 is 9.47 Å². The Morgan fingerprint density at radius 1 is 1.14 bits per heavy atom. The first-order valence-electron chi connectivity index (χ1n) is 8.23. The molecule has 0 bridgehead atoms. The van der Waals surface area contributed by atoms with Crippen molar-refractivity contribution >= 4 is 11.0 Å². The molecule has 2 aromatic rings. The number of ether oxygens (including phenoxy) is 2. The first kappa shape index (κ1) is 15.2. The molecule has 5 nitrogen and oxygen atoms in total. The molecule has 1 aromatic heterocycles. The monoisotopic (exact) mass is 303 g/mol. The molecule has 1 aliphatic rings. The SMILES string of the molecule is CCC(N)Cn1c(C(CC)CC)nc2cc3c(cc21)OCO3. The van der Waals surface area contributed by atoms with Gasteiger partial charge in [0, 0.05) is 30.6 Å². The molecule has 0 amide bonds. The highest BCUT2D eigenvalue weighted by atomic mass is 16.7. The fourth-order valence-electron chi connectivity index (χ4n) is 3.05. The highest BCUT2D eigenvalue weighted by molar-refractivity contribution is 5.81. The van der Waals surface area contributed by atoms with Gasteiger partial charge in [-0.1, -0.05) is 20.8 Å². The minimum absolute atomic E-state index is 0.135. The lowest BCUT2D eigenvalue weighted by Gasteiger charge is -2.18. The molecule has 2 heterocycles. The molecule has 1 aliphatic heterocycles. The molecule has 0 spiro atoms. The van der Waals surface area contributed by atoms with Gasteiger partial charge in [0.15, 0.2) is 11.5 Å². The van der Waals surface area contributed by atoms with Gasteiger partial charge in [-0.05, 0) is 19.3 Å². The minimum atomic E-state index is 0.135. The highest BCUT2D eigenvalue weighted by Crippen LogP contribution is 2.37. The smallest absolute Gasteiger partial charge is 0.231 e. The first-order valence-corrected chi connectivity index (χ1v) is 8.23. The average Bonchev–Trinajstić information content (AvgIpc) is 3.11. The van der Waals surface area contributed by atoms with Crippen molar-refractivity contribution in [3.8, 4) is 11.5 Å². The molecule has 0 radical (unpaired) electrons. The zero-order valence-corrected chi connectivity index (χ0v) is 13.6. The fourth-order valence-corrected chi connectivity index (χ4v) is 3.05. The molecule has 22 heavy (non-hydrogen) atoms. The lowest BCUT2D eigenvalue weighted by molar-refractivity contribution is 0.174. The molecule has 0 saturated heterocycles. The number of benzene rings is 1. The number of nitrogens with zero attached hydrogens (tertiary/aromatic N) is 2. The Kier molecular flexibility index (Phi) is 4.25. The standard InChI is InChI=1S/C17H25N3O2/c1-4-11(5-2)17-19-13-7-15-16(22-10-21-15)8-14(13)20(17)9-12(18)6-3/h7-8,11-12H,4-6,9-10,18H2,1-3H3. The average molecular weight is 303 g/mol. The second-order valence-electron chi connectivity index (χ2n) is 5.96. The number of hydrogen-bond acceptors (Lipinski definition) is 4. The Morgan fingerprint density at radius 2 is 1.82 bits per heavy atom. The van der Waals surface area contributed by atoms with E-state index in [-0.39, 0.29) is 12.8 Å². The molecule has 0 fully saturated rings. The summed E-state index contributed by atoms with van der Waals surface area (Å²) >= 11 is 0. The lowest BCUT2D eigenvalue weighted by Crippen LogP contribution is -2.26. The van der Waals surface area contributed by atoms with Crippen LogP contribution in [0.4, 0.5) is 0 Å². The number of nitrogens with two attached hydrogens (primary N) is 1. The van der Waals surface area contributed by atoms with Crippen molar-refractivity contribution in [2.75, 3.05) is 6.79 Å². The molecular weight excluding hydrogens is 278 g/mol. The van der Waals surface area contributed by atoms with Crippen LogP contribution >= 0.6 is 0 Å². The Labute approximate surface area is 131 Å². The van der Waals surface area contributed by atoms with Gasteiger partial charge in [-0.2, -0.15) is 0 Å². The van der Waals surface area contributed by atoms with Gasteiger partial charge in [-0.15, -0.1) is 0 Å². The van der Waals surface area contributed by atoms with Crippen LogP contribution in [0.25, 0.3) is 11.0 Å². The quantitative estimate of drug-likeness (QED) is 0.888. The Balaban J connectivity index is 2.14. The van der Waals surface area contributed by atoms with E-state index in [2.05, 4.69) is 25.3 Å². The van der Waals surface area contributed by atoms with Crippen LogP contribution in [0.1, 0.15) is 51.8 Å². The summed E-state index contributed by atoms with van der Waals surface area (Å²) in [5.41, 5.74) is 8.28. The minimum Gasteiger partial charge on any atom is -0.454 e. The third kappa shape index (κ3) is 2.54. The van der Waals surface area contributed by atoms with Gasteiger partial charge >= 0.3 is 0 Å². The van der Waals surface area contributed by atoms with Crippen molar-refractivity contribution in [2.24, 2.45) is 5.73 Å². The van der Waals surface area contributed by atoms with Gasteiger partial charge in [0.25, 0.3) is 0 Å². The van der Waals surface area contributed by atoms with Gasteiger partial charge < -0.3 is 19.8 Å². The summed E-state index contributed by atoms with van der Waals surface area (Å²) in [4.78, 5) is 4.89. The van der Waals surface area contributed by atoms with E-state index in [1.54, 1.807) is 0 Å². The van der Waals surface area contributed by atoms with Crippen LogP contribution in [0, 0.1) is 0 Å². The van der Waals surface area contributed by atoms with Gasteiger partial charge in [0.1, 0.15) is 5.82 Å². The van der Waals surface area contributed by atoms with Crippen molar-refractivity contribution in [1.29, 1.82) is 0 Å². The van der Waals surface area contributed by atoms with Crippen molar-refractivity contribution in [3.63, 3.8) is 0 Å². The Morgan fingerprint density at radius 3 is 2.45 bits per heavy atom. The number of fused-ring (bicyclic) bond motifs is 2. The van der Waals surface area contributed by atoms with Gasteiger partial charge in [-0.25, -0.2) is 4.98 Å². The summed E-state index contributed by atoms with van der Waals surface area (Å²) in [7, 11) is 0. The van der Waals surface area contributed by atoms with Crippen LogP contribution in [0.15, 0.2) is 12.1 Å². The molecular formula is C17H25N3O2. The second-order valence-corrected chi connectivity index (χ2v) is 5.96. The lowest BCUT2D eigenvalue weighted by atomic mass is 10.0. The van der Waals surface area contributed by atoms with E-state index in [1.807, 2.05) is 12.1 Å². The van der Waals surface area contributed by atoms with Crippen molar-refractivity contribution in [2.45, 2.75) is 58.5 Å². The molecule has 120 valence electrons. The van der Waals surface area contributed by atoms with E-state index in [4.69, 9.17) is 20.2 Å². The van der Waals surface area contributed by atoms with Crippen LogP contribution in [0.2, 0.25) is 0 Å². The van der Waals surface area contributed by atoms with E-state index >= 15 is 0 Å². The predicted molar refractivity (Wildman–Crippen MR) is 87.4 cm³/mol. The van der Waals surface area contributed by atoms with Gasteiger partial charge in [-0.3, -0.25) is 0 Å². The van der Waals surface area contributed by atoms with Gasteiger partial charge in [0.05, 0.1) is 11.0 Å². The maximum Gasteiger partial charge on any atom is 0.231 e.